The van der Waals surface area contributed by atoms with Gasteiger partial charge in [-0.2, -0.15) is 0 Å². The van der Waals surface area contributed by atoms with E-state index in [4.69, 9.17) is 5.73 Å². The maximum absolute atomic E-state index is 12.7. The highest BCUT2D eigenvalue weighted by Crippen LogP contribution is 2.29. The summed E-state index contributed by atoms with van der Waals surface area (Å²) in [6, 6.07) is 2.28. The first kappa shape index (κ1) is 15.8. The minimum atomic E-state index is 0.128. The first-order chi connectivity index (χ1) is 11.7. The third-order valence-electron chi connectivity index (χ3n) is 5.20. The lowest BCUT2D eigenvalue weighted by molar-refractivity contribution is -0.137. The number of hydrogen-bond acceptors (Lipinski definition) is 6. The zero-order chi connectivity index (χ0) is 16.5. The smallest absolute Gasteiger partial charge is 0.225 e. The van der Waals surface area contributed by atoms with Crippen LogP contribution in [0.5, 0.6) is 0 Å². The molecule has 2 aliphatic rings. The van der Waals surface area contributed by atoms with Crippen molar-refractivity contribution in [3.8, 4) is 0 Å². The van der Waals surface area contributed by atoms with Crippen molar-refractivity contribution in [3.05, 3.63) is 17.8 Å². The summed E-state index contributed by atoms with van der Waals surface area (Å²) in [6.45, 7) is 3.18. The highest BCUT2D eigenvalue weighted by Gasteiger charge is 2.31. The minimum absolute atomic E-state index is 0.128. The van der Waals surface area contributed by atoms with Crippen molar-refractivity contribution in [2.75, 3.05) is 31.1 Å². The van der Waals surface area contributed by atoms with Gasteiger partial charge in [-0.05, 0) is 30.7 Å². The van der Waals surface area contributed by atoms with Crippen LogP contribution in [-0.2, 0) is 4.79 Å². The monoisotopic (exact) mass is 345 g/mol. The molecule has 2 fully saturated rings. The second-order valence-corrected chi connectivity index (χ2v) is 7.67. The number of piperazine rings is 1. The average Bonchev–Trinajstić information content (AvgIpc) is 3.10. The van der Waals surface area contributed by atoms with E-state index in [9.17, 15) is 4.79 Å². The average molecular weight is 345 g/mol. The van der Waals surface area contributed by atoms with Crippen molar-refractivity contribution in [2.45, 2.75) is 31.7 Å². The maximum atomic E-state index is 12.7. The molecule has 2 N–H and O–H groups in total. The van der Waals surface area contributed by atoms with Crippen molar-refractivity contribution in [3.63, 3.8) is 0 Å². The van der Waals surface area contributed by atoms with Crippen molar-refractivity contribution < 1.29 is 4.79 Å². The predicted octanol–water partition coefficient (Wildman–Crippen LogP) is 1.86. The van der Waals surface area contributed by atoms with Crippen LogP contribution in [0.4, 0.5) is 5.82 Å². The molecule has 3 heterocycles. The Hall–Kier alpha value is -1.73. The van der Waals surface area contributed by atoms with E-state index < -0.39 is 0 Å². The van der Waals surface area contributed by atoms with Gasteiger partial charge in [-0.1, -0.05) is 6.42 Å². The van der Waals surface area contributed by atoms with Crippen LogP contribution in [0, 0.1) is 5.92 Å². The van der Waals surface area contributed by atoms with E-state index >= 15 is 0 Å². The van der Waals surface area contributed by atoms with Crippen molar-refractivity contribution in [1.29, 1.82) is 0 Å². The molecule has 1 amide bonds. The van der Waals surface area contributed by atoms with Crippen LogP contribution >= 0.6 is 11.3 Å². The molecule has 1 aliphatic heterocycles. The van der Waals surface area contributed by atoms with Crippen molar-refractivity contribution in [1.82, 2.24) is 14.9 Å². The predicted molar refractivity (Wildman–Crippen MR) is 96.1 cm³/mol. The van der Waals surface area contributed by atoms with Gasteiger partial charge in [0.05, 0.1) is 5.39 Å². The van der Waals surface area contributed by atoms with Gasteiger partial charge in [-0.15, -0.1) is 11.3 Å². The fourth-order valence-electron chi connectivity index (χ4n) is 3.88. The molecule has 6 nitrogen and oxygen atoms in total. The standard InChI is InChI=1S/C17H23N5OS/c18-13-3-1-2-12(10-13)17(23)22-7-5-21(6-8-22)15-14-4-9-24-16(14)20-11-19-15/h4,9,11-13H,1-3,5-8,10,18H2. The Balaban J connectivity index is 1.41. The van der Waals surface area contributed by atoms with E-state index in [1.165, 1.54) is 0 Å². The van der Waals surface area contributed by atoms with Gasteiger partial charge in [0.1, 0.15) is 17.0 Å². The molecule has 4 rings (SSSR count). The molecule has 128 valence electrons. The summed E-state index contributed by atoms with van der Waals surface area (Å²) < 4.78 is 0. The summed E-state index contributed by atoms with van der Waals surface area (Å²) in [5.74, 6) is 1.42. The Morgan fingerprint density at radius 1 is 1.21 bits per heavy atom. The number of amides is 1. The Bertz CT molecular complexity index is 725. The van der Waals surface area contributed by atoms with Crippen LogP contribution < -0.4 is 10.6 Å². The summed E-state index contributed by atoms with van der Waals surface area (Å²) in [5, 5.41) is 3.16. The molecule has 2 aromatic heterocycles. The topological polar surface area (TPSA) is 75.4 Å². The van der Waals surface area contributed by atoms with E-state index in [0.717, 1.165) is 67.9 Å². The van der Waals surface area contributed by atoms with E-state index in [-0.39, 0.29) is 12.0 Å². The number of fused-ring (bicyclic) bond motifs is 1. The highest BCUT2D eigenvalue weighted by atomic mass is 32.1. The summed E-state index contributed by atoms with van der Waals surface area (Å²) in [6.07, 6.45) is 5.61. The fourth-order valence-corrected chi connectivity index (χ4v) is 4.61. The number of carbonyl (C=O) groups excluding carboxylic acids is 1. The maximum Gasteiger partial charge on any atom is 0.225 e. The number of aromatic nitrogens is 2. The number of carbonyl (C=O) groups is 1. The van der Waals surface area contributed by atoms with Crippen LogP contribution in [0.3, 0.4) is 0 Å². The number of rotatable bonds is 2. The second-order valence-electron chi connectivity index (χ2n) is 6.77. The van der Waals surface area contributed by atoms with Gasteiger partial charge in [-0.3, -0.25) is 4.79 Å². The first-order valence-corrected chi connectivity index (χ1v) is 9.58. The van der Waals surface area contributed by atoms with E-state index in [2.05, 4.69) is 26.3 Å². The summed E-state index contributed by atoms with van der Waals surface area (Å²) in [7, 11) is 0. The number of thiophene rings is 1. The van der Waals surface area contributed by atoms with Crippen LogP contribution in [0.1, 0.15) is 25.7 Å². The molecular weight excluding hydrogens is 322 g/mol. The zero-order valence-corrected chi connectivity index (χ0v) is 14.5. The lowest BCUT2D eigenvalue weighted by Gasteiger charge is -2.38. The lowest BCUT2D eigenvalue weighted by atomic mass is 9.85. The molecule has 0 spiro atoms. The highest BCUT2D eigenvalue weighted by molar-refractivity contribution is 7.16. The second kappa shape index (κ2) is 6.64. The van der Waals surface area contributed by atoms with Gasteiger partial charge in [0.15, 0.2) is 0 Å². The molecule has 2 unspecified atom stereocenters. The largest absolute Gasteiger partial charge is 0.352 e. The lowest BCUT2D eigenvalue weighted by Crippen LogP contribution is -2.51. The molecule has 0 bridgehead atoms. The molecule has 7 heteroatoms. The third-order valence-corrected chi connectivity index (χ3v) is 6.02. The SMILES string of the molecule is NC1CCCC(C(=O)N2CCN(c3ncnc4sccc34)CC2)C1. The molecule has 1 saturated heterocycles. The Labute approximate surface area is 145 Å². The molecule has 1 aliphatic carbocycles. The van der Waals surface area contributed by atoms with Gasteiger partial charge < -0.3 is 15.5 Å². The molecule has 0 radical (unpaired) electrons. The normalized spacial score (nSPS) is 25.2. The molecule has 2 aromatic rings. The van der Waals surface area contributed by atoms with Gasteiger partial charge in [0.2, 0.25) is 5.91 Å². The first-order valence-electron chi connectivity index (χ1n) is 8.70. The zero-order valence-electron chi connectivity index (χ0n) is 13.7. The fraction of sp³-hybridized carbons (Fsp3) is 0.588. The van der Waals surface area contributed by atoms with Crippen molar-refractivity contribution >= 4 is 33.3 Å². The van der Waals surface area contributed by atoms with E-state index in [0.29, 0.717) is 5.91 Å². The Kier molecular flexibility index (Phi) is 4.37. The number of hydrogen-bond donors (Lipinski definition) is 1. The number of anilines is 1. The van der Waals surface area contributed by atoms with Crippen LogP contribution in [0.25, 0.3) is 10.2 Å². The molecular formula is C17H23N5OS. The van der Waals surface area contributed by atoms with Crippen LogP contribution in [0.15, 0.2) is 17.8 Å². The van der Waals surface area contributed by atoms with E-state index in [1.54, 1.807) is 17.7 Å². The van der Waals surface area contributed by atoms with Gasteiger partial charge >= 0.3 is 0 Å². The number of nitrogens with two attached hydrogens (primary N) is 1. The molecule has 1 saturated carbocycles. The summed E-state index contributed by atoms with van der Waals surface area (Å²) in [4.78, 5) is 26.8. The quantitative estimate of drug-likeness (QED) is 0.899. The third kappa shape index (κ3) is 2.98. The van der Waals surface area contributed by atoms with Gasteiger partial charge in [-0.25, -0.2) is 9.97 Å². The summed E-state index contributed by atoms with van der Waals surface area (Å²) >= 11 is 1.64. The van der Waals surface area contributed by atoms with Gasteiger partial charge in [0, 0.05) is 38.1 Å². The van der Waals surface area contributed by atoms with Gasteiger partial charge in [0.25, 0.3) is 0 Å². The summed E-state index contributed by atoms with van der Waals surface area (Å²) in [5.41, 5.74) is 6.04. The van der Waals surface area contributed by atoms with Crippen LogP contribution in [-0.4, -0.2) is 53.0 Å². The Morgan fingerprint density at radius 2 is 2.04 bits per heavy atom. The Morgan fingerprint density at radius 3 is 2.83 bits per heavy atom. The molecule has 2 atom stereocenters. The van der Waals surface area contributed by atoms with Crippen molar-refractivity contribution in [2.24, 2.45) is 11.7 Å². The molecule has 24 heavy (non-hydrogen) atoms. The minimum Gasteiger partial charge on any atom is -0.352 e. The van der Waals surface area contributed by atoms with Crippen LogP contribution in [0.2, 0.25) is 0 Å². The number of nitrogens with zero attached hydrogens (tertiary/aromatic N) is 4. The van der Waals surface area contributed by atoms with E-state index in [1.807, 2.05) is 4.90 Å². The molecule has 0 aromatic carbocycles.